The number of nitrogens with zero attached hydrogens (tertiary/aromatic N) is 2. The molecular formula is C13H27N3O. The van der Waals surface area contributed by atoms with Gasteiger partial charge in [0.1, 0.15) is 0 Å². The highest BCUT2D eigenvalue weighted by Crippen LogP contribution is 2.15. The van der Waals surface area contributed by atoms with Crippen LogP contribution in [0.5, 0.6) is 0 Å². The Labute approximate surface area is 105 Å². The molecule has 1 atom stereocenters. The third-order valence-corrected chi connectivity index (χ3v) is 3.59. The second-order valence-electron chi connectivity index (χ2n) is 5.20. The van der Waals surface area contributed by atoms with Crippen LogP contribution in [0.4, 0.5) is 0 Å². The Hall–Kier alpha value is -0.610. The zero-order chi connectivity index (χ0) is 12.7. The molecule has 1 amide bonds. The zero-order valence-electron chi connectivity index (χ0n) is 11.3. The van der Waals surface area contributed by atoms with Gasteiger partial charge in [0.2, 0.25) is 5.91 Å². The van der Waals surface area contributed by atoms with Crippen molar-refractivity contribution in [2.45, 2.75) is 44.6 Å². The van der Waals surface area contributed by atoms with E-state index in [-0.39, 0.29) is 0 Å². The monoisotopic (exact) mass is 241 g/mol. The number of hydrogen-bond donors (Lipinski definition) is 1. The summed E-state index contributed by atoms with van der Waals surface area (Å²) in [5, 5.41) is 0. The minimum absolute atomic E-state index is 0.335. The third kappa shape index (κ3) is 5.04. The standard InChI is InChI=1S/C13H27N3O/c1-15(2)12-8-10-16(11-12)13(17)7-5-3-4-6-9-14/h12H,3-11,14H2,1-2H3. The van der Waals surface area contributed by atoms with Crippen LogP contribution in [0.15, 0.2) is 0 Å². The molecule has 1 aliphatic heterocycles. The Bertz CT molecular complexity index is 231. The van der Waals surface area contributed by atoms with Crippen molar-refractivity contribution in [3.05, 3.63) is 0 Å². The van der Waals surface area contributed by atoms with Crippen LogP contribution in [0.3, 0.4) is 0 Å². The fourth-order valence-corrected chi connectivity index (χ4v) is 2.32. The van der Waals surface area contributed by atoms with Gasteiger partial charge in [0.05, 0.1) is 0 Å². The van der Waals surface area contributed by atoms with Crippen molar-refractivity contribution in [1.29, 1.82) is 0 Å². The lowest BCUT2D eigenvalue weighted by atomic mass is 10.1. The van der Waals surface area contributed by atoms with E-state index >= 15 is 0 Å². The molecule has 0 spiro atoms. The minimum Gasteiger partial charge on any atom is -0.341 e. The maximum Gasteiger partial charge on any atom is 0.222 e. The average molecular weight is 241 g/mol. The number of carbonyl (C=O) groups excluding carboxylic acids is 1. The van der Waals surface area contributed by atoms with E-state index in [1.165, 1.54) is 0 Å². The summed E-state index contributed by atoms with van der Waals surface area (Å²) in [6, 6.07) is 0.552. The van der Waals surface area contributed by atoms with E-state index in [0.717, 1.165) is 51.7 Å². The number of unbranched alkanes of at least 4 members (excludes halogenated alkanes) is 3. The van der Waals surface area contributed by atoms with Gasteiger partial charge < -0.3 is 15.5 Å². The lowest BCUT2D eigenvalue weighted by Gasteiger charge is -2.20. The van der Waals surface area contributed by atoms with E-state index in [2.05, 4.69) is 19.0 Å². The summed E-state index contributed by atoms with van der Waals surface area (Å²) in [6.45, 7) is 2.61. The van der Waals surface area contributed by atoms with Crippen molar-refractivity contribution in [2.75, 3.05) is 33.7 Å². The molecule has 1 fully saturated rings. The molecule has 1 saturated heterocycles. The van der Waals surface area contributed by atoms with Crippen molar-refractivity contribution in [3.63, 3.8) is 0 Å². The molecule has 2 N–H and O–H groups in total. The third-order valence-electron chi connectivity index (χ3n) is 3.59. The molecule has 1 unspecified atom stereocenters. The normalized spacial score (nSPS) is 20.2. The molecule has 100 valence electrons. The molecule has 17 heavy (non-hydrogen) atoms. The molecule has 4 heteroatoms. The topological polar surface area (TPSA) is 49.6 Å². The second kappa shape index (κ2) is 7.67. The van der Waals surface area contributed by atoms with Gasteiger partial charge in [-0.15, -0.1) is 0 Å². The quantitative estimate of drug-likeness (QED) is 0.678. The Morgan fingerprint density at radius 2 is 2.00 bits per heavy atom. The van der Waals surface area contributed by atoms with Crippen LogP contribution >= 0.6 is 0 Å². The molecule has 0 aromatic heterocycles. The number of rotatable bonds is 7. The van der Waals surface area contributed by atoms with Crippen LogP contribution in [0, 0.1) is 0 Å². The van der Waals surface area contributed by atoms with Crippen LogP contribution in [0.2, 0.25) is 0 Å². The van der Waals surface area contributed by atoms with E-state index in [0.29, 0.717) is 18.4 Å². The van der Waals surface area contributed by atoms with Crippen LogP contribution in [-0.2, 0) is 4.79 Å². The van der Waals surface area contributed by atoms with Crippen LogP contribution in [-0.4, -0.2) is 55.5 Å². The molecule has 0 radical (unpaired) electrons. The first-order valence-corrected chi connectivity index (χ1v) is 6.79. The summed E-state index contributed by atoms with van der Waals surface area (Å²) in [5.74, 6) is 0.335. The number of hydrogen-bond acceptors (Lipinski definition) is 3. The van der Waals surface area contributed by atoms with Crippen molar-refractivity contribution in [3.8, 4) is 0 Å². The van der Waals surface area contributed by atoms with E-state index in [4.69, 9.17) is 5.73 Å². The first-order chi connectivity index (χ1) is 8.15. The minimum atomic E-state index is 0.335. The summed E-state index contributed by atoms with van der Waals surface area (Å²) in [4.78, 5) is 16.2. The van der Waals surface area contributed by atoms with Gasteiger partial charge in [0.15, 0.2) is 0 Å². The Kier molecular flexibility index (Phi) is 6.52. The number of likely N-dealkylation sites (tertiary alicyclic amines) is 1. The van der Waals surface area contributed by atoms with Gasteiger partial charge in [-0.1, -0.05) is 12.8 Å². The predicted molar refractivity (Wildman–Crippen MR) is 70.8 cm³/mol. The highest BCUT2D eigenvalue weighted by atomic mass is 16.2. The predicted octanol–water partition coefficient (Wildman–Crippen LogP) is 1.06. The molecular weight excluding hydrogens is 214 g/mol. The van der Waals surface area contributed by atoms with E-state index in [1.54, 1.807) is 0 Å². The Morgan fingerprint density at radius 3 is 2.59 bits per heavy atom. The van der Waals surface area contributed by atoms with E-state index in [1.807, 2.05) is 4.90 Å². The largest absolute Gasteiger partial charge is 0.341 e. The van der Waals surface area contributed by atoms with Gasteiger partial charge in [-0.05, 0) is 39.9 Å². The van der Waals surface area contributed by atoms with Gasteiger partial charge in [-0.3, -0.25) is 4.79 Å². The summed E-state index contributed by atoms with van der Waals surface area (Å²) >= 11 is 0. The first-order valence-electron chi connectivity index (χ1n) is 6.79. The molecule has 0 bridgehead atoms. The maximum atomic E-state index is 11.9. The molecule has 0 aliphatic carbocycles. The fourth-order valence-electron chi connectivity index (χ4n) is 2.32. The number of carbonyl (C=O) groups is 1. The van der Waals surface area contributed by atoms with Crippen LogP contribution in [0.1, 0.15) is 38.5 Å². The smallest absolute Gasteiger partial charge is 0.222 e. The second-order valence-corrected chi connectivity index (χ2v) is 5.20. The number of nitrogens with two attached hydrogens (primary N) is 1. The fraction of sp³-hybridized carbons (Fsp3) is 0.923. The summed E-state index contributed by atoms with van der Waals surface area (Å²) in [5.41, 5.74) is 5.43. The van der Waals surface area contributed by atoms with Crippen molar-refractivity contribution >= 4 is 5.91 Å². The average Bonchev–Trinajstić information content (AvgIpc) is 2.78. The zero-order valence-corrected chi connectivity index (χ0v) is 11.3. The molecule has 4 nitrogen and oxygen atoms in total. The van der Waals surface area contributed by atoms with Crippen molar-refractivity contribution in [1.82, 2.24) is 9.80 Å². The Balaban J connectivity index is 2.12. The molecule has 0 aromatic carbocycles. The highest BCUT2D eigenvalue weighted by molar-refractivity contribution is 5.76. The molecule has 0 saturated carbocycles. The van der Waals surface area contributed by atoms with Crippen molar-refractivity contribution < 1.29 is 4.79 Å². The van der Waals surface area contributed by atoms with Gasteiger partial charge in [0, 0.05) is 25.6 Å². The highest BCUT2D eigenvalue weighted by Gasteiger charge is 2.26. The molecule has 1 rings (SSSR count). The van der Waals surface area contributed by atoms with Gasteiger partial charge in [-0.2, -0.15) is 0 Å². The van der Waals surface area contributed by atoms with Gasteiger partial charge in [0.25, 0.3) is 0 Å². The van der Waals surface area contributed by atoms with Crippen LogP contribution < -0.4 is 5.73 Å². The van der Waals surface area contributed by atoms with Crippen molar-refractivity contribution in [2.24, 2.45) is 5.73 Å². The number of likely N-dealkylation sites (N-methyl/N-ethyl adjacent to an activating group) is 1. The van der Waals surface area contributed by atoms with E-state index in [9.17, 15) is 4.79 Å². The molecule has 0 aromatic rings. The lowest BCUT2D eigenvalue weighted by molar-refractivity contribution is -0.130. The first kappa shape index (κ1) is 14.5. The summed E-state index contributed by atoms with van der Waals surface area (Å²) in [6.07, 6.45) is 6.22. The summed E-state index contributed by atoms with van der Waals surface area (Å²) < 4.78 is 0. The summed E-state index contributed by atoms with van der Waals surface area (Å²) in [7, 11) is 4.18. The molecule has 1 aliphatic rings. The SMILES string of the molecule is CN(C)C1CCN(C(=O)CCCCCCN)C1. The van der Waals surface area contributed by atoms with E-state index < -0.39 is 0 Å². The van der Waals surface area contributed by atoms with Gasteiger partial charge in [-0.25, -0.2) is 0 Å². The van der Waals surface area contributed by atoms with Crippen LogP contribution in [0.25, 0.3) is 0 Å². The lowest BCUT2D eigenvalue weighted by Crippen LogP contribution is -2.34. The Morgan fingerprint density at radius 1 is 1.29 bits per heavy atom. The molecule has 1 heterocycles. The number of amides is 1. The maximum absolute atomic E-state index is 11.9. The van der Waals surface area contributed by atoms with Gasteiger partial charge >= 0.3 is 0 Å².